The van der Waals surface area contributed by atoms with E-state index in [-0.39, 0.29) is 18.3 Å². The van der Waals surface area contributed by atoms with Crippen molar-refractivity contribution in [2.75, 3.05) is 52.5 Å². The Labute approximate surface area is 140 Å². The molecule has 3 rings (SSSR count). The van der Waals surface area contributed by atoms with Crippen LogP contribution in [0.15, 0.2) is 0 Å². The van der Waals surface area contributed by atoms with Gasteiger partial charge in [0.2, 0.25) is 5.91 Å². The summed E-state index contributed by atoms with van der Waals surface area (Å²) in [5.41, 5.74) is 0. The maximum Gasteiger partial charge on any atom is 0.225 e. The van der Waals surface area contributed by atoms with E-state index in [0.29, 0.717) is 17.9 Å². The topological polar surface area (TPSA) is 44.8 Å². The van der Waals surface area contributed by atoms with Gasteiger partial charge >= 0.3 is 0 Å². The molecule has 3 heterocycles. The molecule has 0 aliphatic carbocycles. The average molecular weight is 332 g/mol. The number of carbonyl (C=O) groups is 1. The van der Waals surface area contributed by atoms with Gasteiger partial charge in [-0.05, 0) is 25.2 Å². The number of rotatable bonds is 3. The minimum Gasteiger partial charge on any atom is -0.381 e. The van der Waals surface area contributed by atoms with Crippen LogP contribution >= 0.6 is 12.4 Å². The van der Waals surface area contributed by atoms with Crippen molar-refractivity contribution in [3.63, 3.8) is 0 Å². The van der Waals surface area contributed by atoms with Gasteiger partial charge in [0.05, 0.1) is 0 Å². The molecule has 0 spiro atoms. The van der Waals surface area contributed by atoms with Gasteiger partial charge in [-0.15, -0.1) is 12.4 Å². The second kappa shape index (κ2) is 8.48. The fourth-order valence-corrected chi connectivity index (χ4v) is 3.99. The summed E-state index contributed by atoms with van der Waals surface area (Å²) in [5, 5.41) is 3.40. The summed E-state index contributed by atoms with van der Waals surface area (Å²) in [4.78, 5) is 17.4. The van der Waals surface area contributed by atoms with E-state index in [1.807, 2.05) is 0 Å². The molecule has 0 aromatic carbocycles. The van der Waals surface area contributed by atoms with Crippen LogP contribution in [0, 0.1) is 11.8 Å². The molecule has 3 aliphatic heterocycles. The number of nitrogens with one attached hydrogen (secondary N) is 1. The third-order valence-corrected chi connectivity index (χ3v) is 5.51. The third kappa shape index (κ3) is 4.13. The summed E-state index contributed by atoms with van der Waals surface area (Å²) in [5.74, 6) is 1.06. The zero-order valence-electron chi connectivity index (χ0n) is 13.6. The molecule has 22 heavy (non-hydrogen) atoms. The third-order valence-electron chi connectivity index (χ3n) is 5.51. The highest BCUT2D eigenvalue weighted by Gasteiger charge is 2.35. The van der Waals surface area contributed by atoms with Gasteiger partial charge in [-0.2, -0.15) is 0 Å². The van der Waals surface area contributed by atoms with Crippen LogP contribution in [0.3, 0.4) is 0 Å². The van der Waals surface area contributed by atoms with E-state index in [4.69, 9.17) is 4.74 Å². The maximum atomic E-state index is 12.7. The molecular weight excluding hydrogens is 302 g/mol. The summed E-state index contributed by atoms with van der Waals surface area (Å²) in [7, 11) is 0. The fraction of sp³-hybridized carbons (Fsp3) is 0.938. The van der Waals surface area contributed by atoms with Crippen molar-refractivity contribution < 1.29 is 9.53 Å². The maximum absolute atomic E-state index is 12.7. The number of amides is 1. The number of piperazine rings is 1. The van der Waals surface area contributed by atoms with Crippen molar-refractivity contribution in [2.24, 2.45) is 11.8 Å². The van der Waals surface area contributed by atoms with Crippen LogP contribution in [0.4, 0.5) is 0 Å². The Balaban J connectivity index is 0.00000176. The molecular formula is C16H30ClN3O2. The molecule has 2 atom stereocenters. The van der Waals surface area contributed by atoms with Crippen LogP contribution in [0.25, 0.3) is 0 Å². The lowest BCUT2D eigenvalue weighted by atomic mass is 9.86. The molecule has 6 heteroatoms. The van der Waals surface area contributed by atoms with Gasteiger partial charge in [0.25, 0.3) is 0 Å². The van der Waals surface area contributed by atoms with E-state index in [0.717, 1.165) is 71.7 Å². The first-order chi connectivity index (χ1) is 10.3. The van der Waals surface area contributed by atoms with Crippen molar-refractivity contribution in [3.8, 4) is 0 Å². The van der Waals surface area contributed by atoms with Crippen molar-refractivity contribution in [1.82, 2.24) is 15.1 Å². The Morgan fingerprint density at radius 2 is 1.82 bits per heavy atom. The molecule has 0 aromatic rings. The number of likely N-dealkylation sites (tertiary alicyclic amines) is 1. The van der Waals surface area contributed by atoms with Gasteiger partial charge in [0.1, 0.15) is 0 Å². The number of hydrogen-bond donors (Lipinski definition) is 1. The van der Waals surface area contributed by atoms with Crippen molar-refractivity contribution in [3.05, 3.63) is 0 Å². The smallest absolute Gasteiger partial charge is 0.225 e. The van der Waals surface area contributed by atoms with Crippen molar-refractivity contribution >= 4 is 18.3 Å². The predicted molar refractivity (Wildman–Crippen MR) is 89.4 cm³/mol. The molecule has 0 saturated carbocycles. The molecule has 3 aliphatic rings. The quantitative estimate of drug-likeness (QED) is 0.837. The molecule has 0 bridgehead atoms. The standard InChI is InChI=1S/C16H29N3O2.ClH/c1-13(14-3-10-21-11-4-14)16(20)19-7-2-15(12-19)18-8-5-17-6-9-18;/h13-15,17H,2-12H2,1H3;1H. The van der Waals surface area contributed by atoms with E-state index in [9.17, 15) is 4.79 Å². The minimum atomic E-state index is 0. The van der Waals surface area contributed by atoms with E-state index in [1.54, 1.807) is 0 Å². The minimum absolute atomic E-state index is 0. The summed E-state index contributed by atoms with van der Waals surface area (Å²) in [6, 6.07) is 0.581. The second-order valence-electron chi connectivity index (χ2n) is 6.75. The zero-order valence-corrected chi connectivity index (χ0v) is 14.4. The number of nitrogens with zero attached hydrogens (tertiary/aromatic N) is 2. The predicted octanol–water partition coefficient (Wildman–Crippen LogP) is 0.977. The highest BCUT2D eigenvalue weighted by Crippen LogP contribution is 2.27. The van der Waals surface area contributed by atoms with E-state index in [2.05, 4.69) is 22.0 Å². The summed E-state index contributed by atoms with van der Waals surface area (Å²) >= 11 is 0. The molecule has 1 N–H and O–H groups in total. The molecule has 3 saturated heterocycles. The van der Waals surface area contributed by atoms with Crippen molar-refractivity contribution in [1.29, 1.82) is 0 Å². The Morgan fingerprint density at radius 3 is 2.50 bits per heavy atom. The Kier molecular flexibility index (Phi) is 6.93. The zero-order chi connectivity index (χ0) is 14.7. The lowest BCUT2D eigenvalue weighted by Crippen LogP contribution is -2.49. The van der Waals surface area contributed by atoms with Gasteiger partial charge in [-0.3, -0.25) is 9.69 Å². The van der Waals surface area contributed by atoms with E-state index < -0.39 is 0 Å². The van der Waals surface area contributed by atoms with Gasteiger partial charge in [-0.1, -0.05) is 6.92 Å². The van der Waals surface area contributed by atoms with Crippen LogP contribution in [0.5, 0.6) is 0 Å². The SMILES string of the molecule is CC(C(=O)N1CCC(N2CCNCC2)C1)C1CCOCC1.Cl. The van der Waals surface area contributed by atoms with Gasteiger partial charge in [0, 0.05) is 64.4 Å². The summed E-state index contributed by atoms with van der Waals surface area (Å²) in [6.45, 7) is 10.1. The van der Waals surface area contributed by atoms with Crippen LogP contribution in [-0.2, 0) is 9.53 Å². The number of halogens is 1. The van der Waals surface area contributed by atoms with E-state index in [1.165, 1.54) is 0 Å². The lowest BCUT2D eigenvalue weighted by Gasteiger charge is -2.33. The monoisotopic (exact) mass is 331 g/mol. The fourth-order valence-electron chi connectivity index (χ4n) is 3.99. The van der Waals surface area contributed by atoms with Crippen LogP contribution in [0.1, 0.15) is 26.2 Å². The first-order valence-corrected chi connectivity index (χ1v) is 8.57. The molecule has 5 nitrogen and oxygen atoms in total. The number of hydrogen-bond acceptors (Lipinski definition) is 4. The lowest BCUT2D eigenvalue weighted by molar-refractivity contribution is -0.137. The van der Waals surface area contributed by atoms with Crippen molar-refractivity contribution in [2.45, 2.75) is 32.2 Å². The first-order valence-electron chi connectivity index (χ1n) is 8.57. The van der Waals surface area contributed by atoms with Crippen LogP contribution in [0.2, 0.25) is 0 Å². The first kappa shape index (κ1) is 18.0. The van der Waals surface area contributed by atoms with Crippen LogP contribution < -0.4 is 5.32 Å². The van der Waals surface area contributed by atoms with E-state index >= 15 is 0 Å². The molecule has 0 aromatic heterocycles. The Hall–Kier alpha value is -0.360. The van der Waals surface area contributed by atoms with Gasteiger partial charge in [-0.25, -0.2) is 0 Å². The highest BCUT2D eigenvalue weighted by molar-refractivity contribution is 5.85. The molecule has 1 amide bonds. The normalized spacial score (nSPS) is 29.1. The largest absolute Gasteiger partial charge is 0.381 e. The Bertz CT molecular complexity index is 357. The summed E-state index contributed by atoms with van der Waals surface area (Å²) in [6.07, 6.45) is 3.23. The summed E-state index contributed by atoms with van der Waals surface area (Å²) < 4.78 is 5.41. The average Bonchev–Trinajstić information content (AvgIpc) is 3.05. The molecule has 128 valence electrons. The molecule has 3 fully saturated rings. The Morgan fingerprint density at radius 1 is 1.14 bits per heavy atom. The number of carbonyl (C=O) groups excluding carboxylic acids is 1. The highest BCUT2D eigenvalue weighted by atomic mass is 35.5. The van der Waals surface area contributed by atoms with Gasteiger partial charge < -0.3 is 15.0 Å². The second-order valence-corrected chi connectivity index (χ2v) is 6.75. The van der Waals surface area contributed by atoms with Crippen LogP contribution in [-0.4, -0.2) is 74.2 Å². The molecule has 0 radical (unpaired) electrons. The number of ether oxygens (including phenoxy) is 1. The molecule has 2 unspecified atom stereocenters. The van der Waals surface area contributed by atoms with Gasteiger partial charge in [0.15, 0.2) is 0 Å².